The van der Waals surface area contributed by atoms with Crippen LogP contribution in [0.4, 0.5) is 0 Å². The normalized spacial score (nSPS) is 19.2. The maximum absolute atomic E-state index is 12.3. The van der Waals surface area contributed by atoms with Gasteiger partial charge in [-0.2, -0.15) is 4.31 Å². The van der Waals surface area contributed by atoms with Gasteiger partial charge in [0.25, 0.3) is 10.0 Å². The van der Waals surface area contributed by atoms with Crippen molar-refractivity contribution in [3.8, 4) is 0 Å². The Labute approximate surface area is 123 Å². The van der Waals surface area contributed by atoms with Crippen LogP contribution in [0.2, 0.25) is 4.47 Å². The van der Waals surface area contributed by atoms with Crippen LogP contribution in [0.25, 0.3) is 0 Å². The highest BCUT2D eigenvalue weighted by Crippen LogP contribution is 2.26. The van der Waals surface area contributed by atoms with Crippen LogP contribution >= 0.6 is 22.9 Å². The number of rotatable bonds is 4. The van der Waals surface area contributed by atoms with Crippen LogP contribution in [0.5, 0.6) is 0 Å². The van der Waals surface area contributed by atoms with E-state index in [9.17, 15) is 8.42 Å². The van der Waals surface area contributed by atoms with E-state index in [4.69, 9.17) is 11.6 Å². The van der Waals surface area contributed by atoms with Crippen molar-refractivity contribution in [3.63, 3.8) is 0 Å². The van der Waals surface area contributed by atoms with Gasteiger partial charge in [0.1, 0.15) is 0 Å². The van der Waals surface area contributed by atoms with Crippen molar-refractivity contribution in [2.24, 2.45) is 5.92 Å². The Balaban J connectivity index is 2.01. The zero-order chi connectivity index (χ0) is 14.0. The van der Waals surface area contributed by atoms with Gasteiger partial charge in [0.05, 0.1) is 6.20 Å². The molecule has 1 aromatic rings. The van der Waals surface area contributed by atoms with Gasteiger partial charge < -0.3 is 4.90 Å². The summed E-state index contributed by atoms with van der Waals surface area (Å²) in [6.07, 6.45) is 1.34. The molecule has 1 aliphatic rings. The summed E-state index contributed by atoms with van der Waals surface area (Å²) in [6.45, 7) is 7.98. The summed E-state index contributed by atoms with van der Waals surface area (Å²) in [4.78, 5) is 6.10. The monoisotopic (exact) mass is 323 g/mol. The highest BCUT2D eigenvalue weighted by atomic mass is 35.5. The van der Waals surface area contributed by atoms with Crippen molar-refractivity contribution in [2.45, 2.75) is 18.1 Å². The van der Waals surface area contributed by atoms with Crippen LogP contribution in [-0.2, 0) is 10.0 Å². The molecule has 0 saturated carbocycles. The van der Waals surface area contributed by atoms with Gasteiger partial charge in [0, 0.05) is 32.7 Å². The summed E-state index contributed by atoms with van der Waals surface area (Å²) in [6, 6.07) is 0. The second-order valence-electron chi connectivity index (χ2n) is 5.03. The van der Waals surface area contributed by atoms with Crippen molar-refractivity contribution >= 4 is 33.0 Å². The molecule has 0 aromatic carbocycles. The molecule has 0 atom stereocenters. The molecule has 0 radical (unpaired) electrons. The predicted octanol–water partition coefficient (Wildman–Crippen LogP) is 1.76. The molecular weight excluding hydrogens is 306 g/mol. The van der Waals surface area contributed by atoms with Crippen molar-refractivity contribution in [2.75, 3.05) is 32.7 Å². The largest absolute Gasteiger partial charge is 0.300 e. The van der Waals surface area contributed by atoms with Crippen molar-refractivity contribution < 1.29 is 8.42 Å². The smallest absolute Gasteiger partial charge is 0.254 e. The third-order valence-corrected chi connectivity index (χ3v) is 6.46. The van der Waals surface area contributed by atoms with Crippen LogP contribution in [-0.4, -0.2) is 55.3 Å². The Morgan fingerprint density at radius 3 is 2.47 bits per heavy atom. The summed E-state index contributed by atoms with van der Waals surface area (Å²) in [5.41, 5.74) is 0. The minimum Gasteiger partial charge on any atom is -0.300 e. The average Bonchev–Trinajstić information content (AvgIpc) is 2.76. The highest BCUT2D eigenvalue weighted by Gasteiger charge is 2.30. The van der Waals surface area contributed by atoms with Crippen molar-refractivity contribution in [1.82, 2.24) is 14.2 Å². The van der Waals surface area contributed by atoms with Crippen LogP contribution in [0.3, 0.4) is 0 Å². The number of nitrogens with zero attached hydrogens (tertiary/aromatic N) is 3. The molecule has 2 heterocycles. The third-order valence-electron chi connectivity index (χ3n) is 3.01. The Kier molecular flexibility index (Phi) is 4.84. The van der Waals surface area contributed by atoms with E-state index in [2.05, 4.69) is 23.7 Å². The third kappa shape index (κ3) is 3.66. The maximum atomic E-state index is 12.3. The van der Waals surface area contributed by atoms with E-state index in [1.165, 1.54) is 10.5 Å². The lowest BCUT2D eigenvalue weighted by Crippen LogP contribution is -2.49. The minimum absolute atomic E-state index is 0.231. The molecule has 1 aliphatic heterocycles. The molecule has 8 heteroatoms. The molecule has 108 valence electrons. The van der Waals surface area contributed by atoms with E-state index < -0.39 is 10.0 Å². The van der Waals surface area contributed by atoms with E-state index in [-0.39, 0.29) is 8.68 Å². The highest BCUT2D eigenvalue weighted by molar-refractivity contribution is 7.91. The summed E-state index contributed by atoms with van der Waals surface area (Å²) in [7, 11) is -3.41. The summed E-state index contributed by atoms with van der Waals surface area (Å²) in [5.74, 6) is 0.600. The van der Waals surface area contributed by atoms with E-state index in [0.717, 1.165) is 31.0 Å². The van der Waals surface area contributed by atoms with E-state index in [1.807, 2.05) is 0 Å². The molecule has 5 nitrogen and oxygen atoms in total. The summed E-state index contributed by atoms with van der Waals surface area (Å²) >= 11 is 6.71. The van der Waals surface area contributed by atoms with E-state index in [0.29, 0.717) is 19.0 Å². The standard InChI is InChI=1S/C11H18ClN3O2S2/c1-9(2)8-14-3-5-15(6-4-14)19(16,17)10-7-13-11(12)18-10/h7,9H,3-6,8H2,1-2H3. The fourth-order valence-electron chi connectivity index (χ4n) is 2.15. The molecular formula is C11H18ClN3O2S2. The van der Waals surface area contributed by atoms with Gasteiger partial charge in [-0.3, -0.25) is 0 Å². The van der Waals surface area contributed by atoms with Gasteiger partial charge in [-0.1, -0.05) is 36.8 Å². The van der Waals surface area contributed by atoms with Crippen LogP contribution in [0.1, 0.15) is 13.8 Å². The Morgan fingerprint density at radius 1 is 1.37 bits per heavy atom. The number of piperazine rings is 1. The second kappa shape index (κ2) is 6.05. The van der Waals surface area contributed by atoms with Gasteiger partial charge in [-0.25, -0.2) is 13.4 Å². The van der Waals surface area contributed by atoms with Crippen LogP contribution in [0.15, 0.2) is 10.4 Å². The number of aromatic nitrogens is 1. The minimum atomic E-state index is -3.41. The first-order chi connectivity index (χ1) is 8.89. The van der Waals surface area contributed by atoms with Gasteiger partial charge in [-0.05, 0) is 5.92 Å². The van der Waals surface area contributed by atoms with E-state index >= 15 is 0 Å². The van der Waals surface area contributed by atoms with Crippen molar-refractivity contribution in [1.29, 1.82) is 0 Å². The van der Waals surface area contributed by atoms with Crippen LogP contribution in [0, 0.1) is 5.92 Å². The first-order valence-electron chi connectivity index (χ1n) is 6.23. The predicted molar refractivity (Wildman–Crippen MR) is 77.2 cm³/mol. The molecule has 0 bridgehead atoms. The zero-order valence-electron chi connectivity index (χ0n) is 11.0. The Hall–Kier alpha value is -0.210. The zero-order valence-corrected chi connectivity index (χ0v) is 13.4. The molecule has 0 N–H and O–H groups in total. The molecule has 0 spiro atoms. The number of halogens is 1. The van der Waals surface area contributed by atoms with Crippen molar-refractivity contribution in [3.05, 3.63) is 10.7 Å². The first kappa shape index (κ1) is 15.2. The molecule has 1 aromatic heterocycles. The molecule has 0 aliphatic carbocycles. The SMILES string of the molecule is CC(C)CN1CCN(S(=O)(=O)c2cnc(Cl)s2)CC1. The number of hydrogen-bond acceptors (Lipinski definition) is 5. The fourth-order valence-corrected chi connectivity index (χ4v) is 5.03. The maximum Gasteiger partial charge on any atom is 0.254 e. The molecule has 19 heavy (non-hydrogen) atoms. The molecule has 0 unspecified atom stereocenters. The van der Waals surface area contributed by atoms with Gasteiger partial charge >= 0.3 is 0 Å². The number of thiazole rings is 1. The molecule has 0 amide bonds. The first-order valence-corrected chi connectivity index (χ1v) is 8.87. The lowest BCUT2D eigenvalue weighted by Gasteiger charge is -2.34. The van der Waals surface area contributed by atoms with E-state index in [1.54, 1.807) is 0 Å². The molecule has 2 rings (SSSR count). The Bertz CT molecular complexity index is 522. The van der Waals surface area contributed by atoms with Gasteiger partial charge in [0.15, 0.2) is 8.68 Å². The van der Waals surface area contributed by atoms with Gasteiger partial charge in [-0.15, -0.1) is 0 Å². The summed E-state index contributed by atoms with van der Waals surface area (Å²) in [5, 5.41) is 0. The number of sulfonamides is 1. The lowest BCUT2D eigenvalue weighted by atomic mass is 10.2. The quantitative estimate of drug-likeness (QED) is 0.847. The average molecular weight is 324 g/mol. The molecule has 1 fully saturated rings. The second-order valence-corrected chi connectivity index (χ2v) is 8.81. The van der Waals surface area contributed by atoms with Crippen LogP contribution < -0.4 is 0 Å². The summed E-state index contributed by atoms with van der Waals surface area (Å²) < 4.78 is 26.7. The van der Waals surface area contributed by atoms with Gasteiger partial charge in [0.2, 0.25) is 0 Å². The topological polar surface area (TPSA) is 53.5 Å². The molecule has 1 saturated heterocycles. The number of hydrogen-bond donors (Lipinski definition) is 0. The Morgan fingerprint density at radius 2 is 2.00 bits per heavy atom. The fraction of sp³-hybridized carbons (Fsp3) is 0.727. The lowest BCUT2D eigenvalue weighted by molar-refractivity contribution is 0.172.